The number of hydrogen-bond donors (Lipinski definition) is 0. The molecule has 0 spiro atoms. The standard InChI is InChI=1S/C14H24O4/c1-6-9-17-12(15)7-8-13(16)18-14(10(2)3)11(4)5/h7-8,10-11,14H,6,9H2,1-5H3/b8-7+. The average Bonchev–Trinajstić information content (AvgIpc) is 2.29. The van der Waals surface area contributed by atoms with Crippen LogP contribution < -0.4 is 0 Å². The molecule has 4 heteroatoms. The maximum atomic E-state index is 11.5. The van der Waals surface area contributed by atoms with Crippen LogP contribution in [0.1, 0.15) is 41.0 Å². The van der Waals surface area contributed by atoms with Gasteiger partial charge in [0.2, 0.25) is 0 Å². The van der Waals surface area contributed by atoms with Gasteiger partial charge in [-0.05, 0) is 18.3 Å². The molecule has 18 heavy (non-hydrogen) atoms. The molecule has 0 fully saturated rings. The molecular formula is C14H24O4. The van der Waals surface area contributed by atoms with Gasteiger partial charge in [-0.1, -0.05) is 34.6 Å². The maximum absolute atomic E-state index is 11.5. The van der Waals surface area contributed by atoms with Crippen LogP contribution in [0, 0.1) is 11.8 Å². The number of rotatable bonds is 7. The predicted molar refractivity (Wildman–Crippen MR) is 69.9 cm³/mol. The van der Waals surface area contributed by atoms with Crippen molar-refractivity contribution in [3.8, 4) is 0 Å². The lowest BCUT2D eigenvalue weighted by Crippen LogP contribution is -2.28. The van der Waals surface area contributed by atoms with E-state index in [2.05, 4.69) is 0 Å². The third-order valence-corrected chi connectivity index (χ3v) is 2.37. The van der Waals surface area contributed by atoms with Gasteiger partial charge in [-0.25, -0.2) is 9.59 Å². The highest BCUT2D eigenvalue weighted by atomic mass is 16.5. The van der Waals surface area contributed by atoms with Crippen molar-refractivity contribution in [1.82, 2.24) is 0 Å². The minimum Gasteiger partial charge on any atom is -0.463 e. The van der Waals surface area contributed by atoms with Crippen molar-refractivity contribution in [2.24, 2.45) is 11.8 Å². The van der Waals surface area contributed by atoms with E-state index in [0.29, 0.717) is 6.61 Å². The predicted octanol–water partition coefficient (Wildman–Crippen LogP) is 2.72. The molecule has 0 bridgehead atoms. The van der Waals surface area contributed by atoms with Gasteiger partial charge in [0, 0.05) is 12.2 Å². The van der Waals surface area contributed by atoms with Gasteiger partial charge < -0.3 is 9.47 Å². The number of ether oxygens (including phenoxy) is 2. The first-order valence-corrected chi connectivity index (χ1v) is 6.43. The Morgan fingerprint density at radius 1 is 1.00 bits per heavy atom. The van der Waals surface area contributed by atoms with Crippen LogP contribution in [0.4, 0.5) is 0 Å². The Morgan fingerprint density at radius 2 is 1.50 bits per heavy atom. The molecule has 0 aromatic rings. The second kappa shape index (κ2) is 8.72. The summed E-state index contributed by atoms with van der Waals surface area (Å²) in [6, 6.07) is 0. The van der Waals surface area contributed by atoms with Gasteiger partial charge in [0.1, 0.15) is 6.10 Å². The zero-order chi connectivity index (χ0) is 14.1. The molecule has 0 N–H and O–H groups in total. The SMILES string of the molecule is CCCOC(=O)/C=C/C(=O)OC(C(C)C)C(C)C. The Balaban J connectivity index is 4.24. The first-order chi connectivity index (χ1) is 8.38. The van der Waals surface area contributed by atoms with E-state index < -0.39 is 11.9 Å². The van der Waals surface area contributed by atoms with E-state index in [4.69, 9.17) is 9.47 Å². The summed E-state index contributed by atoms with van der Waals surface area (Å²) in [7, 11) is 0. The van der Waals surface area contributed by atoms with E-state index in [1.807, 2.05) is 34.6 Å². The van der Waals surface area contributed by atoms with Crippen molar-refractivity contribution in [2.75, 3.05) is 6.61 Å². The maximum Gasteiger partial charge on any atom is 0.331 e. The van der Waals surface area contributed by atoms with Crippen molar-refractivity contribution in [1.29, 1.82) is 0 Å². The molecular weight excluding hydrogens is 232 g/mol. The smallest absolute Gasteiger partial charge is 0.331 e. The molecule has 0 saturated carbocycles. The molecule has 0 amide bonds. The lowest BCUT2D eigenvalue weighted by Gasteiger charge is -2.24. The molecule has 0 aliphatic heterocycles. The minimum atomic E-state index is -0.514. The van der Waals surface area contributed by atoms with Crippen molar-refractivity contribution < 1.29 is 19.1 Å². The molecule has 0 aromatic heterocycles. The summed E-state index contributed by atoms with van der Waals surface area (Å²) in [4.78, 5) is 22.7. The second-order valence-corrected chi connectivity index (χ2v) is 4.89. The van der Waals surface area contributed by atoms with Crippen LogP contribution in [0.5, 0.6) is 0 Å². The number of carbonyl (C=O) groups is 2. The van der Waals surface area contributed by atoms with E-state index in [0.717, 1.165) is 18.6 Å². The van der Waals surface area contributed by atoms with Crippen LogP contribution in [0.2, 0.25) is 0 Å². The fraction of sp³-hybridized carbons (Fsp3) is 0.714. The lowest BCUT2D eigenvalue weighted by atomic mass is 9.96. The fourth-order valence-electron chi connectivity index (χ4n) is 1.60. The van der Waals surface area contributed by atoms with Crippen LogP contribution in [0.25, 0.3) is 0 Å². The van der Waals surface area contributed by atoms with E-state index in [1.54, 1.807) is 0 Å². The summed E-state index contributed by atoms with van der Waals surface area (Å²) in [5.74, 6) is -0.529. The summed E-state index contributed by atoms with van der Waals surface area (Å²) in [5.41, 5.74) is 0. The van der Waals surface area contributed by atoms with Gasteiger partial charge in [-0.3, -0.25) is 0 Å². The Bertz CT molecular complexity index is 284. The third kappa shape index (κ3) is 7.09. The molecule has 0 aromatic carbocycles. The van der Waals surface area contributed by atoms with Crippen LogP contribution in [0.3, 0.4) is 0 Å². The topological polar surface area (TPSA) is 52.6 Å². The number of esters is 2. The molecule has 0 aliphatic carbocycles. The molecule has 0 rings (SSSR count). The Labute approximate surface area is 109 Å². The largest absolute Gasteiger partial charge is 0.463 e. The second-order valence-electron chi connectivity index (χ2n) is 4.89. The van der Waals surface area contributed by atoms with Crippen LogP contribution in [0.15, 0.2) is 12.2 Å². The van der Waals surface area contributed by atoms with Gasteiger partial charge in [-0.15, -0.1) is 0 Å². The normalized spacial score (nSPS) is 11.6. The monoisotopic (exact) mass is 256 g/mol. The van der Waals surface area contributed by atoms with Crippen molar-refractivity contribution in [3.63, 3.8) is 0 Å². The summed E-state index contributed by atoms with van der Waals surface area (Å²) >= 11 is 0. The Hall–Kier alpha value is -1.32. The van der Waals surface area contributed by atoms with Gasteiger partial charge in [0.05, 0.1) is 6.61 Å². The first-order valence-electron chi connectivity index (χ1n) is 6.43. The van der Waals surface area contributed by atoms with Gasteiger partial charge in [0.15, 0.2) is 0 Å². The minimum absolute atomic E-state index is 0.145. The molecule has 0 aliphatic rings. The molecule has 4 nitrogen and oxygen atoms in total. The van der Waals surface area contributed by atoms with E-state index in [1.165, 1.54) is 0 Å². The molecule has 0 unspecified atom stereocenters. The van der Waals surface area contributed by atoms with Gasteiger partial charge >= 0.3 is 11.9 Å². The number of carbonyl (C=O) groups excluding carboxylic acids is 2. The summed E-state index contributed by atoms with van der Waals surface area (Å²) in [6.07, 6.45) is 2.84. The van der Waals surface area contributed by atoms with Crippen molar-refractivity contribution in [3.05, 3.63) is 12.2 Å². The molecule has 104 valence electrons. The van der Waals surface area contributed by atoms with Crippen LogP contribution in [-0.4, -0.2) is 24.6 Å². The Morgan fingerprint density at radius 3 is 1.94 bits per heavy atom. The van der Waals surface area contributed by atoms with E-state index in [-0.39, 0.29) is 17.9 Å². The van der Waals surface area contributed by atoms with E-state index >= 15 is 0 Å². The van der Waals surface area contributed by atoms with Crippen molar-refractivity contribution >= 4 is 11.9 Å². The van der Waals surface area contributed by atoms with Crippen LogP contribution in [-0.2, 0) is 19.1 Å². The lowest BCUT2D eigenvalue weighted by molar-refractivity contribution is -0.148. The molecule has 0 heterocycles. The molecule has 0 atom stereocenters. The van der Waals surface area contributed by atoms with Crippen LogP contribution >= 0.6 is 0 Å². The third-order valence-electron chi connectivity index (χ3n) is 2.37. The summed E-state index contributed by atoms with van der Waals surface area (Å²) < 4.78 is 10.1. The zero-order valence-electron chi connectivity index (χ0n) is 11.9. The first kappa shape index (κ1) is 16.7. The highest BCUT2D eigenvalue weighted by Gasteiger charge is 2.20. The highest BCUT2D eigenvalue weighted by molar-refractivity contribution is 5.91. The number of hydrogen-bond acceptors (Lipinski definition) is 4. The molecule has 0 radical (unpaired) electrons. The summed E-state index contributed by atoms with van der Waals surface area (Å²) in [5, 5.41) is 0. The van der Waals surface area contributed by atoms with Gasteiger partial charge in [-0.2, -0.15) is 0 Å². The average molecular weight is 256 g/mol. The van der Waals surface area contributed by atoms with Crippen molar-refractivity contribution in [2.45, 2.75) is 47.1 Å². The highest BCUT2D eigenvalue weighted by Crippen LogP contribution is 2.16. The fourth-order valence-corrected chi connectivity index (χ4v) is 1.60. The van der Waals surface area contributed by atoms with E-state index in [9.17, 15) is 9.59 Å². The molecule has 0 saturated heterocycles. The van der Waals surface area contributed by atoms with Gasteiger partial charge in [0.25, 0.3) is 0 Å². The summed E-state index contributed by atoms with van der Waals surface area (Å²) in [6.45, 7) is 10.3. The Kier molecular flexibility index (Phi) is 8.08. The quantitative estimate of drug-likeness (QED) is 0.519. The zero-order valence-corrected chi connectivity index (χ0v) is 11.9.